The van der Waals surface area contributed by atoms with Crippen LogP contribution in [0.25, 0.3) is 11.6 Å². The Kier molecular flexibility index (Phi) is 4.95. The summed E-state index contributed by atoms with van der Waals surface area (Å²) in [7, 11) is 0. The number of nitrogens with one attached hydrogen (secondary N) is 2. The van der Waals surface area contributed by atoms with Crippen molar-refractivity contribution in [3.8, 4) is 0 Å². The first-order chi connectivity index (χ1) is 12.1. The van der Waals surface area contributed by atoms with E-state index in [1.807, 2.05) is 37.3 Å². The SMILES string of the molecule is Cc1ccc(/C(=C/c2ccc(C(=O)NO)cc2)C(=O)NC2CC2)cc1. The Morgan fingerprint density at radius 2 is 1.60 bits per heavy atom. The molecule has 2 aromatic carbocycles. The highest BCUT2D eigenvalue weighted by molar-refractivity contribution is 6.24. The summed E-state index contributed by atoms with van der Waals surface area (Å²) in [5, 5.41) is 11.7. The fourth-order valence-electron chi connectivity index (χ4n) is 2.47. The van der Waals surface area contributed by atoms with Crippen LogP contribution < -0.4 is 10.8 Å². The van der Waals surface area contributed by atoms with E-state index < -0.39 is 5.91 Å². The molecule has 128 valence electrons. The monoisotopic (exact) mass is 336 g/mol. The van der Waals surface area contributed by atoms with Crippen molar-refractivity contribution in [2.75, 3.05) is 0 Å². The number of amides is 2. The van der Waals surface area contributed by atoms with Crippen molar-refractivity contribution in [1.29, 1.82) is 0 Å². The number of benzene rings is 2. The molecule has 0 heterocycles. The quantitative estimate of drug-likeness (QED) is 0.340. The van der Waals surface area contributed by atoms with Gasteiger partial charge in [0.1, 0.15) is 0 Å². The van der Waals surface area contributed by atoms with Gasteiger partial charge >= 0.3 is 0 Å². The maximum absolute atomic E-state index is 12.6. The second kappa shape index (κ2) is 7.32. The number of rotatable bonds is 5. The van der Waals surface area contributed by atoms with E-state index in [0.717, 1.165) is 29.5 Å². The van der Waals surface area contributed by atoms with Gasteiger partial charge in [-0.3, -0.25) is 14.8 Å². The van der Waals surface area contributed by atoms with Gasteiger partial charge in [-0.05, 0) is 49.1 Å². The molecule has 0 aromatic heterocycles. The molecule has 1 aliphatic rings. The number of hydrogen-bond donors (Lipinski definition) is 3. The average Bonchev–Trinajstić information content (AvgIpc) is 3.44. The molecule has 1 aliphatic carbocycles. The van der Waals surface area contributed by atoms with E-state index in [1.54, 1.807) is 29.7 Å². The van der Waals surface area contributed by atoms with Crippen molar-refractivity contribution < 1.29 is 14.8 Å². The Morgan fingerprint density at radius 1 is 1.00 bits per heavy atom. The summed E-state index contributed by atoms with van der Waals surface area (Å²) in [6.07, 6.45) is 3.86. The molecule has 1 fully saturated rings. The van der Waals surface area contributed by atoms with Crippen molar-refractivity contribution in [2.24, 2.45) is 0 Å². The normalized spacial score (nSPS) is 14.1. The van der Waals surface area contributed by atoms with Crippen LogP contribution in [-0.2, 0) is 4.79 Å². The van der Waals surface area contributed by atoms with Gasteiger partial charge in [0, 0.05) is 17.2 Å². The van der Waals surface area contributed by atoms with Crippen LogP contribution in [-0.4, -0.2) is 23.1 Å². The highest BCUT2D eigenvalue weighted by Gasteiger charge is 2.25. The van der Waals surface area contributed by atoms with E-state index in [-0.39, 0.29) is 11.9 Å². The predicted molar refractivity (Wildman–Crippen MR) is 95.9 cm³/mol. The fourth-order valence-corrected chi connectivity index (χ4v) is 2.47. The highest BCUT2D eigenvalue weighted by Crippen LogP contribution is 2.24. The first-order valence-electron chi connectivity index (χ1n) is 8.21. The van der Waals surface area contributed by atoms with E-state index in [9.17, 15) is 9.59 Å². The summed E-state index contributed by atoms with van der Waals surface area (Å²) in [5.41, 5.74) is 5.32. The minimum Gasteiger partial charge on any atom is -0.349 e. The largest absolute Gasteiger partial charge is 0.349 e. The minimum absolute atomic E-state index is 0.0940. The third-order valence-corrected chi connectivity index (χ3v) is 4.11. The molecule has 0 atom stereocenters. The van der Waals surface area contributed by atoms with Gasteiger partial charge in [0.2, 0.25) is 0 Å². The maximum Gasteiger partial charge on any atom is 0.274 e. The molecule has 5 heteroatoms. The van der Waals surface area contributed by atoms with E-state index in [0.29, 0.717) is 11.1 Å². The lowest BCUT2D eigenvalue weighted by Crippen LogP contribution is -2.26. The molecule has 25 heavy (non-hydrogen) atoms. The molecule has 0 bridgehead atoms. The van der Waals surface area contributed by atoms with E-state index >= 15 is 0 Å². The molecular formula is C20H20N2O3. The lowest BCUT2D eigenvalue weighted by atomic mass is 10.00. The first-order valence-corrected chi connectivity index (χ1v) is 8.21. The highest BCUT2D eigenvalue weighted by atomic mass is 16.5. The van der Waals surface area contributed by atoms with Gasteiger partial charge in [-0.1, -0.05) is 42.0 Å². The smallest absolute Gasteiger partial charge is 0.274 e. The second-order valence-corrected chi connectivity index (χ2v) is 6.23. The van der Waals surface area contributed by atoms with Crippen LogP contribution in [0.3, 0.4) is 0 Å². The van der Waals surface area contributed by atoms with E-state index in [1.165, 1.54) is 0 Å². The molecule has 5 nitrogen and oxygen atoms in total. The topological polar surface area (TPSA) is 78.4 Å². The molecule has 0 unspecified atom stereocenters. The Morgan fingerprint density at radius 3 is 2.16 bits per heavy atom. The second-order valence-electron chi connectivity index (χ2n) is 6.23. The molecule has 3 rings (SSSR count). The van der Waals surface area contributed by atoms with Gasteiger partial charge in [-0.2, -0.15) is 0 Å². The van der Waals surface area contributed by atoms with Crippen LogP contribution in [0.4, 0.5) is 0 Å². The summed E-state index contributed by atoms with van der Waals surface area (Å²) in [4.78, 5) is 24.0. The Hall–Kier alpha value is -2.92. The zero-order valence-corrected chi connectivity index (χ0v) is 14.0. The standard InChI is InChI=1S/C20H20N2O3/c1-13-2-6-15(7-3-13)18(20(24)21-17-10-11-17)12-14-4-8-16(9-5-14)19(23)22-25/h2-9,12,17,25H,10-11H2,1H3,(H,21,24)(H,22,23)/b18-12-. The van der Waals surface area contributed by atoms with Crippen LogP contribution >= 0.6 is 0 Å². The van der Waals surface area contributed by atoms with E-state index in [4.69, 9.17) is 5.21 Å². The van der Waals surface area contributed by atoms with Crippen molar-refractivity contribution >= 4 is 23.5 Å². The van der Waals surface area contributed by atoms with Crippen LogP contribution in [0.5, 0.6) is 0 Å². The number of hydrogen-bond acceptors (Lipinski definition) is 3. The molecule has 0 spiro atoms. The van der Waals surface area contributed by atoms with Gasteiger partial charge < -0.3 is 5.32 Å². The molecule has 1 saturated carbocycles. The summed E-state index contributed by atoms with van der Waals surface area (Å²) >= 11 is 0. The van der Waals surface area contributed by atoms with Gasteiger partial charge in [-0.15, -0.1) is 0 Å². The van der Waals surface area contributed by atoms with Gasteiger partial charge in [0.15, 0.2) is 0 Å². The van der Waals surface area contributed by atoms with Crippen LogP contribution in [0.1, 0.15) is 39.9 Å². The number of hydroxylamine groups is 1. The third-order valence-electron chi connectivity index (χ3n) is 4.11. The zero-order valence-electron chi connectivity index (χ0n) is 14.0. The van der Waals surface area contributed by atoms with Gasteiger partial charge in [0.05, 0.1) is 0 Å². The molecule has 2 amide bonds. The Balaban J connectivity index is 1.92. The molecule has 0 aliphatic heterocycles. The number of aryl methyl sites for hydroxylation is 1. The molecule has 0 saturated heterocycles. The van der Waals surface area contributed by atoms with Crippen molar-refractivity contribution in [1.82, 2.24) is 10.8 Å². The summed E-state index contributed by atoms with van der Waals surface area (Å²) in [5.74, 6) is -0.663. The van der Waals surface area contributed by atoms with Gasteiger partial charge in [-0.25, -0.2) is 5.48 Å². The lowest BCUT2D eigenvalue weighted by molar-refractivity contribution is -0.115. The average molecular weight is 336 g/mol. The van der Waals surface area contributed by atoms with Crippen molar-refractivity contribution in [3.63, 3.8) is 0 Å². The van der Waals surface area contributed by atoms with Crippen LogP contribution in [0.15, 0.2) is 48.5 Å². The lowest BCUT2D eigenvalue weighted by Gasteiger charge is -2.10. The molecule has 3 N–H and O–H groups in total. The fraction of sp³-hybridized carbons (Fsp3) is 0.200. The first kappa shape index (κ1) is 16.9. The maximum atomic E-state index is 12.6. The third kappa shape index (κ3) is 4.33. The Bertz CT molecular complexity index is 804. The summed E-state index contributed by atoms with van der Waals surface area (Å²) < 4.78 is 0. The summed E-state index contributed by atoms with van der Waals surface area (Å²) in [6, 6.07) is 14.8. The number of carbonyl (C=O) groups is 2. The predicted octanol–water partition coefficient (Wildman–Crippen LogP) is 2.93. The van der Waals surface area contributed by atoms with Crippen LogP contribution in [0, 0.1) is 6.92 Å². The minimum atomic E-state index is -0.569. The Labute approximate surface area is 146 Å². The zero-order chi connectivity index (χ0) is 17.8. The van der Waals surface area contributed by atoms with Crippen molar-refractivity contribution in [2.45, 2.75) is 25.8 Å². The molecule has 0 radical (unpaired) electrons. The van der Waals surface area contributed by atoms with Crippen LogP contribution in [0.2, 0.25) is 0 Å². The van der Waals surface area contributed by atoms with E-state index in [2.05, 4.69) is 5.32 Å². The molecular weight excluding hydrogens is 316 g/mol. The van der Waals surface area contributed by atoms with Gasteiger partial charge in [0.25, 0.3) is 11.8 Å². The van der Waals surface area contributed by atoms with Crippen molar-refractivity contribution in [3.05, 3.63) is 70.8 Å². The molecule has 2 aromatic rings. The number of carbonyl (C=O) groups excluding carboxylic acids is 2. The summed E-state index contributed by atoms with van der Waals surface area (Å²) in [6.45, 7) is 2.00.